The third kappa shape index (κ3) is 4.99. The molecule has 0 fully saturated rings. The van der Waals surface area contributed by atoms with Crippen LogP contribution < -0.4 is 16.6 Å². The summed E-state index contributed by atoms with van der Waals surface area (Å²) in [6.45, 7) is 5.65. The van der Waals surface area contributed by atoms with Crippen LogP contribution in [0.15, 0.2) is 10.9 Å². The lowest BCUT2D eigenvalue weighted by atomic mass is 10.1. The van der Waals surface area contributed by atoms with Gasteiger partial charge in [-0.1, -0.05) is 13.8 Å². The molecule has 0 aliphatic carbocycles. The summed E-state index contributed by atoms with van der Waals surface area (Å²) in [6, 6.07) is 1.49. The first-order chi connectivity index (χ1) is 8.15. The highest BCUT2D eigenvalue weighted by atomic mass is 16.1. The first-order valence-electron chi connectivity index (χ1n) is 6.19. The highest BCUT2D eigenvalue weighted by molar-refractivity contribution is 5.32. The third-order valence-corrected chi connectivity index (χ3v) is 2.71. The number of hydrogen-bond donors (Lipinski definition) is 3. The molecule has 0 aliphatic heterocycles. The summed E-state index contributed by atoms with van der Waals surface area (Å²) in [4.78, 5) is 18.3. The average molecular weight is 238 g/mol. The van der Waals surface area contributed by atoms with Crippen molar-refractivity contribution in [2.24, 2.45) is 11.7 Å². The highest BCUT2D eigenvalue weighted by Gasteiger charge is 2.01. The summed E-state index contributed by atoms with van der Waals surface area (Å²) in [5.74, 6) is 1.93. The molecule has 1 rings (SSSR count). The van der Waals surface area contributed by atoms with E-state index in [1.165, 1.54) is 6.07 Å². The first-order valence-corrected chi connectivity index (χ1v) is 6.19. The number of aryl methyl sites for hydroxylation is 1. The van der Waals surface area contributed by atoms with Crippen molar-refractivity contribution in [3.05, 3.63) is 22.2 Å². The molecule has 0 saturated heterocycles. The Morgan fingerprint density at radius 3 is 3.00 bits per heavy atom. The van der Waals surface area contributed by atoms with Crippen molar-refractivity contribution < 1.29 is 0 Å². The SMILES string of the molecule is CCc1nc(NCCCC(C)CN)cc(=O)[nH]1. The van der Waals surface area contributed by atoms with E-state index in [2.05, 4.69) is 22.2 Å². The van der Waals surface area contributed by atoms with Gasteiger partial charge in [0, 0.05) is 19.0 Å². The maximum atomic E-state index is 11.3. The van der Waals surface area contributed by atoms with Crippen molar-refractivity contribution in [1.82, 2.24) is 9.97 Å². The number of anilines is 1. The zero-order valence-corrected chi connectivity index (χ0v) is 10.6. The van der Waals surface area contributed by atoms with Crippen LogP contribution >= 0.6 is 0 Å². The summed E-state index contributed by atoms with van der Waals surface area (Å²) in [5, 5.41) is 3.17. The van der Waals surface area contributed by atoms with Crippen molar-refractivity contribution in [2.75, 3.05) is 18.4 Å². The van der Waals surface area contributed by atoms with Crippen LogP contribution in [0.1, 0.15) is 32.5 Å². The molecule has 0 saturated carbocycles. The minimum atomic E-state index is -0.102. The van der Waals surface area contributed by atoms with E-state index in [1.54, 1.807) is 0 Å². The summed E-state index contributed by atoms with van der Waals surface area (Å²) >= 11 is 0. The van der Waals surface area contributed by atoms with E-state index in [0.29, 0.717) is 11.7 Å². The van der Waals surface area contributed by atoms with Crippen LogP contribution in [0.4, 0.5) is 5.82 Å². The smallest absolute Gasteiger partial charge is 0.252 e. The van der Waals surface area contributed by atoms with Gasteiger partial charge in [0.1, 0.15) is 11.6 Å². The van der Waals surface area contributed by atoms with Crippen LogP contribution in [0.5, 0.6) is 0 Å². The Labute approximate surface area is 102 Å². The Hall–Kier alpha value is -1.36. The fourth-order valence-corrected chi connectivity index (χ4v) is 1.55. The van der Waals surface area contributed by atoms with E-state index in [4.69, 9.17) is 5.73 Å². The number of H-pyrrole nitrogens is 1. The molecule has 0 aromatic carbocycles. The number of nitrogens with two attached hydrogens (primary N) is 1. The standard InChI is InChI=1S/C12H22N4O/c1-3-10-15-11(7-12(17)16-10)14-6-4-5-9(2)8-13/h7,9H,3-6,8,13H2,1-2H3,(H2,14,15,16,17). The van der Waals surface area contributed by atoms with Crippen molar-refractivity contribution in [3.8, 4) is 0 Å². The maximum absolute atomic E-state index is 11.3. The average Bonchev–Trinajstić information content (AvgIpc) is 2.33. The molecule has 1 aromatic rings. The number of aromatic amines is 1. The van der Waals surface area contributed by atoms with Crippen LogP contribution in [0.25, 0.3) is 0 Å². The fourth-order valence-electron chi connectivity index (χ4n) is 1.55. The summed E-state index contributed by atoms with van der Waals surface area (Å²) in [5.41, 5.74) is 5.44. The minimum Gasteiger partial charge on any atom is -0.370 e. The quantitative estimate of drug-likeness (QED) is 0.621. The maximum Gasteiger partial charge on any atom is 0.252 e. The Kier molecular flexibility index (Phi) is 5.69. The molecule has 0 radical (unpaired) electrons. The van der Waals surface area contributed by atoms with Crippen LogP contribution in [0.2, 0.25) is 0 Å². The van der Waals surface area contributed by atoms with Gasteiger partial charge in [0.2, 0.25) is 0 Å². The lowest BCUT2D eigenvalue weighted by Gasteiger charge is -2.09. The number of rotatable bonds is 7. The Morgan fingerprint density at radius 2 is 2.35 bits per heavy atom. The minimum absolute atomic E-state index is 0.102. The number of hydrogen-bond acceptors (Lipinski definition) is 4. The topological polar surface area (TPSA) is 83.8 Å². The van der Waals surface area contributed by atoms with Gasteiger partial charge >= 0.3 is 0 Å². The molecule has 1 aromatic heterocycles. The predicted molar refractivity (Wildman–Crippen MR) is 70.2 cm³/mol. The molecule has 1 unspecified atom stereocenters. The van der Waals surface area contributed by atoms with Crippen LogP contribution in [0, 0.1) is 5.92 Å². The van der Waals surface area contributed by atoms with Gasteiger partial charge in [-0.2, -0.15) is 0 Å². The molecule has 5 heteroatoms. The van der Waals surface area contributed by atoms with Gasteiger partial charge in [-0.3, -0.25) is 4.79 Å². The second-order valence-corrected chi connectivity index (χ2v) is 4.34. The van der Waals surface area contributed by atoms with Gasteiger partial charge in [-0.25, -0.2) is 4.98 Å². The largest absolute Gasteiger partial charge is 0.370 e. The summed E-state index contributed by atoms with van der Waals surface area (Å²) in [6.07, 6.45) is 2.86. The summed E-state index contributed by atoms with van der Waals surface area (Å²) in [7, 11) is 0. The lowest BCUT2D eigenvalue weighted by Crippen LogP contribution is -2.15. The lowest BCUT2D eigenvalue weighted by molar-refractivity contribution is 0.529. The molecule has 0 amide bonds. The van der Waals surface area contributed by atoms with Gasteiger partial charge in [-0.15, -0.1) is 0 Å². The molecule has 5 nitrogen and oxygen atoms in total. The van der Waals surface area contributed by atoms with Crippen LogP contribution in [0.3, 0.4) is 0 Å². The van der Waals surface area contributed by atoms with E-state index < -0.39 is 0 Å². The van der Waals surface area contributed by atoms with Gasteiger partial charge in [0.25, 0.3) is 5.56 Å². The van der Waals surface area contributed by atoms with Crippen molar-refractivity contribution in [1.29, 1.82) is 0 Å². The third-order valence-electron chi connectivity index (χ3n) is 2.71. The molecule has 1 heterocycles. The van der Waals surface area contributed by atoms with E-state index in [1.807, 2.05) is 6.92 Å². The Balaban J connectivity index is 2.41. The van der Waals surface area contributed by atoms with E-state index in [9.17, 15) is 4.79 Å². The van der Waals surface area contributed by atoms with Gasteiger partial charge in [-0.05, 0) is 25.3 Å². The molecular weight excluding hydrogens is 216 g/mol. The first kappa shape index (κ1) is 13.7. The number of aromatic nitrogens is 2. The molecular formula is C12H22N4O. The zero-order chi connectivity index (χ0) is 12.7. The van der Waals surface area contributed by atoms with Crippen LogP contribution in [-0.2, 0) is 6.42 Å². The molecule has 0 bridgehead atoms. The second-order valence-electron chi connectivity index (χ2n) is 4.34. The van der Waals surface area contributed by atoms with E-state index in [-0.39, 0.29) is 5.56 Å². The Morgan fingerprint density at radius 1 is 1.59 bits per heavy atom. The monoisotopic (exact) mass is 238 g/mol. The van der Waals surface area contributed by atoms with Crippen molar-refractivity contribution in [2.45, 2.75) is 33.1 Å². The van der Waals surface area contributed by atoms with Crippen LogP contribution in [-0.4, -0.2) is 23.1 Å². The summed E-state index contributed by atoms with van der Waals surface area (Å²) < 4.78 is 0. The molecule has 0 aliphatic rings. The van der Waals surface area contributed by atoms with Gasteiger partial charge in [0.05, 0.1) is 0 Å². The van der Waals surface area contributed by atoms with E-state index >= 15 is 0 Å². The fraction of sp³-hybridized carbons (Fsp3) is 0.667. The van der Waals surface area contributed by atoms with Gasteiger partial charge < -0.3 is 16.0 Å². The van der Waals surface area contributed by atoms with Crippen molar-refractivity contribution in [3.63, 3.8) is 0 Å². The number of nitrogens with one attached hydrogen (secondary N) is 2. The number of nitrogens with zero attached hydrogens (tertiary/aromatic N) is 1. The molecule has 1 atom stereocenters. The molecule has 0 spiro atoms. The molecule has 4 N–H and O–H groups in total. The predicted octanol–water partition coefficient (Wildman–Crippen LogP) is 1.12. The molecule has 96 valence electrons. The Bertz CT molecular complexity index is 388. The normalized spacial score (nSPS) is 12.4. The van der Waals surface area contributed by atoms with E-state index in [0.717, 1.165) is 38.2 Å². The molecule has 17 heavy (non-hydrogen) atoms. The van der Waals surface area contributed by atoms with Gasteiger partial charge in [0.15, 0.2) is 0 Å². The van der Waals surface area contributed by atoms with Crippen molar-refractivity contribution >= 4 is 5.82 Å². The second kappa shape index (κ2) is 7.06. The zero-order valence-electron chi connectivity index (χ0n) is 10.6. The highest BCUT2D eigenvalue weighted by Crippen LogP contribution is 2.04.